The molecule has 0 radical (unpaired) electrons. The third-order valence-corrected chi connectivity index (χ3v) is 3.18. The molecule has 0 atom stereocenters. The van der Waals surface area contributed by atoms with Gasteiger partial charge in [0.05, 0.1) is 14.2 Å². The standard InChI is InChI=1S/C17H17NO4/c1-21-15-8-5-12(9-16(15)22-2)14(10-17(19)20)11-3-6-13(18)7-4-11/h3-10H,18H2,1-2H3,(H,19,20)/b14-10+. The summed E-state index contributed by atoms with van der Waals surface area (Å²) in [5.74, 6) is 0.0894. The van der Waals surface area contributed by atoms with E-state index in [9.17, 15) is 4.79 Å². The first kappa shape index (κ1) is 15.4. The quantitative estimate of drug-likeness (QED) is 0.655. The number of anilines is 1. The average molecular weight is 299 g/mol. The Morgan fingerprint density at radius 1 is 1.00 bits per heavy atom. The van der Waals surface area contributed by atoms with E-state index < -0.39 is 5.97 Å². The Hall–Kier alpha value is -2.95. The smallest absolute Gasteiger partial charge is 0.328 e. The normalized spacial score (nSPS) is 11.1. The highest BCUT2D eigenvalue weighted by Gasteiger charge is 2.11. The first-order valence-electron chi connectivity index (χ1n) is 6.58. The Kier molecular flexibility index (Phi) is 4.68. The molecule has 0 spiro atoms. The van der Waals surface area contributed by atoms with Crippen molar-refractivity contribution in [2.45, 2.75) is 0 Å². The van der Waals surface area contributed by atoms with Crippen molar-refractivity contribution in [2.75, 3.05) is 20.0 Å². The Morgan fingerprint density at radius 3 is 2.14 bits per heavy atom. The second kappa shape index (κ2) is 6.67. The van der Waals surface area contributed by atoms with Gasteiger partial charge >= 0.3 is 5.97 Å². The predicted octanol–water partition coefficient (Wildman–Crippen LogP) is 2.80. The number of carboxylic acid groups (broad SMARTS) is 1. The molecule has 0 saturated heterocycles. The Labute approximate surface area is 128 Å². The van der Waals surface area contributed by atoms with E-state index in [-0.39, 0.29) is 0 Å². The van der Waals surface area contributed by atoms with Gasteiger partial charge in [0.1, 0.15) is 0 Å². The van der Waals surface area contributed by atoms with Gasteiger partial charge in [-0.1, -0.05) is 18.2 Å². The van der Waals surface area contributed by atoms with Gasteiger partial charge in [-0.15, -0.1) is 0 Å². The lowest BCUT2D eigenvalue weighted by atomic mass is 9.97. The maximum absolute atomic E-state index is 11.1. The minimum atomic E-state index is -1.03. The van der Waals surface area contributed by atoms with Gasteiger partial charge in [-0.25, -0.2) is 4.79 Å². The zero-order valence-electron chi connectivity index (χ0n) is 12.4. The van der Waals surface area contributed by atoms with E-state index in [1.807, 2.05) is 0 Å². The van der Waals surface area contributed by atoms with Crippen LogP contribution < -0.4 is 15.2 Å². The van der Waals surface area contributed by atoms with Crippen LogP contribution in [0, 0.1) is 0 Å². The number of hydrogen-bond acceptors (Lipinski definition) is 4. The zero-order valence-corrected chi connectivity index (χ0v) is 12.4. The fourth-order valence-electron chi connectivity index (χ4n) is 2.12. The first-order valence-corrected chi connectivity index (χ1v) is 6.58. The second-order valence-corrected chi connectivity index (χ2v) is 4.59. The first-order chi connectivity index (χ1) is 10.5. The molecule has 2 aromatic rings. The van der Waals surface area contributed by atoms with Crippen LogP contribution in [0.25, 0.3) is 5.57 Å². The van der Waals surface area contributed by atoms with E-state index in [0.29, 0.717) is 28.3 Å². The molecular weight excluding hydrogens is 282 g/mol. The van der Waals surface area contributed by atoms with Crippen LogP contribution in [0.2, 0.25) is 0 Å². The fourth-order valence-corrected chi connectivity index (χ4v) is 2.12. The zero-order chi connectivity index (χ0) is 16.1. The fraction of sp³-hybridized carbons (Fsp3) is 0.118. The van der Waals surface area contributed by atoms with Crippen LogP contribution in [-0.2, 0) is 4.79 Å². The van der Waals surface area contributed by atoms with Crippen molar-refractivity contribution >= 4 is 17.2 Å². The SMILES string of the molecule is COc1ccc(/C(=C/C(=O)O)c2ccc(N)cc2)cc1OC. The highest BCUT2D eigenvalue weighted by molar-refractivity contribution is 5.95. The van der Waals surface area contributed by atoms with Crippen LogP contribution in [0.4, 0.5) is 5.69 Å². The predicted molar refractivity (Wildman–Crippen MR) is 85.1 cm³/mol. The van der Waals surface area contributed by atoms with E-state index in [1.54, 1.807) is 49.6 Å². The Morgan fingerprint density at radius 2 is 1.59 bits per heavy atom. The molecule has 5 heteroatoms. The Balaban J connectivity index is 2.55. The molecule has 0 aliphatic heterocycles. The molecular formula is C17H17NO4. The van der Waals surface area contributed by atoms with E-state index in [1.165, 1.54) is 7.11 Å². The molecule has 22 heavy (non-hydrogen) atoms. The molecule has 0 fully saturated rings. The molecule has 0 amide bonds. The number of rotatable bonds is 5. The minimum absolute atomic E-state index is 0.534. The summed E-state index contributed by atoms with van der Waals surface area (Å²) in [5, 5.41) is 9.13. The summed E-state index contributed by atoms with van der Waals surface area (Å²) in [6.07, 6.45) is 1.16. The van der Waals surface area contributed by atoms with Crippen LogP contribution in [-0.4, -0.2) is 25.3 Å². The van der Waals surface area contributed by atoms with Crippen molar-refractivity contribution in [3.8, 4) is 11.5 Å². The number of nitrogen functional groups attached to an aromatic ring is 1. The van der Waals surface area contributed by atoms with E-state index in [2.05, 4.69) is 0 Å². The van der Waals surface area contributed by atoms with Crippen molar-refractivity contribution in [3.63, 3.8) is 0 Å². The van der Waals surface area contributed by atoms with Crippen molar-refractivity contribution in [1.29, 1.82) is 0 Å². The molecule has 0 heterocycles. The topological polar surface area (TPSA) is 81.8 Å². The third-order valence-electron chi connectivity index (χ3n) is 3.18. The molecule has 2 rings (SSSR count). The molecule has 3 N–H and O–H groups in total. The van der Waals surface area contributed by atoms with Crippen LogP contribution >= 0.6 is 0 Å². The van der Waals surface area contributed by atoms with Gasteiger partial charge in [-0.2, -0.15) is 0 Å². The monoisotopic (exact) mass is 299 g/mol. The molecule has 0 aliphatic carbocycles. The van der Waals surface area contributed by atoms with E-state index >= 15 is 0 Å². The second-order valence-electron chi connectivity index (χ2n) is 4.59. The van der Waals surface area contributed by atoms with Crippen LogP contribution in [0.5, 0.6) is 11.5 Å². The summed E-state index contributed by atoms with van der Waals surface area (Å²) >= 11 is 0. The van der Waals surface area contributed by atoms with Gasteiger partial charge in [0, 0.05) is 11.8 Å². The van der Waals surface area contributed by atoms with Crippen molar-refractivity contribution < 1.29 is 19.4 Å². The van der Waals surface area contributed by atoms with Gasteiger partial charge in [-0.3, -0.25) is 0 Å². The van der Waals surface area contributed by atoms with Crippen LogP contribution in [0.3, 0.4) is 0 Å². The number of hydrogen-bond donors (Lipinski definition) is 2. The molecule has 0 unspecified atom stereocenters. The summed E-state index contributed by atoms with van der Waals surface area (Å²) < 4.78 is 10.5. The lowest BCUT2D eigenvalue weighted by Crippen LogP contribution is -1.97. The molecule has 2 aromatic carbocycles. The molecule has 5 nitrogen and oxygen atoms in total. The van der Waals surface area contributed by atoms with Crippen molar-refractivity contribution in [2.24, 2.45) is 0 Å². The van der Waals surface area contributed by atoms with Crippen LogP contribution in [0.1, 0.15) is 11.1 Å². The number of methoxy groups -OCH3 is 2. The highest BCUT2D eigenvalue weighted by Crippen LogP contribution is 2.33. The van der Waals surface area contributed by atoms with Crippen molar-refractivity contribution in [1.82, 2.24) is 0 Å². The average Bonchev–Trinajstić information content (AvgIpc) is 2.52. The maximum atomic E-state index is 11.1. The maximum Gasteiger partial charge on any atom is 0.328 e. The number of carboxylic acids is 1. The molecule has 114 valence electrons. The van der Waals surface area contributed by atoms with Crippen LogP contribution in [0.15, 0.2) is 48.5 Å². The number of benzene rings is 2. The van der Waals surface area contributed by atoms with E-state index in [4.69, 9.17) is 20.3 Å². The minimum Gasteiger partial charge on any atom is -0.493 e. The summed E-state index contributed by atoms with van der Waals surface area (Å²) in [4.78, 5) is 11.1. The molecule has 0 aromatic heterocycles. The van der Waals surface area contributed by atoms with Gasteiger partial charge in [-0.05, 0) is 41.0 Å². The van der Waals surface area contributed by atoms with Gasteiger partial charge in [0.2, 0.25) is 0 Å². The van der Waals surface area contributed by atoms with Crippen molar-refractivity contribution in [3.05, 3.63) is 59.7 Å². The number of aliphatic carboxylic acids is 1. The van der Waals surface area contributed by atoms with Gasteiger partial charge < -0.3 is 20.3 Å². The summed E-state index contributed by atoms with van der Waals surface area (Å²) in [6, 6.07) is 12.3. The molecule has 0 saturated carbocycles. The van der Waals surface area contributed by atoms with Gasteiger partial charge in [0.25, 0.3) is 0 Å². The summed E-state index contributed by atoms with van der Waals surface area (Å²) in [6.45, 7) is 0. The lowest BCUT2D eigenvalue weighted by Gasteiger charge is -2.12. The Bertz CT molecular complexity index is 705. The summed E-state index contributed by atoms with van der Waals surface area (Å²) in [5.41, 5.74) is 8.32. The third kappa shape index (κ3) is 3.38. The van der Waals surface area contributed by atoms with E-state index in [0.717, 1.165) is 11.6 Å². The largest absolute Gasteiger partial charge is 0.493 e. The number of nitrogens with two attached hydrogens (primary N) is 1. The van der Waals surface area contributed by atoms with Gasteiger partial charge in [0.15, 0.2) is 11.5 Å². The summed E-state index contributed by atoms with van der Waals surface area (Å²) in [7, 11) is 3.08. The highest BCUT2D eigenvalue weighted by atomic mass is 16.5. The number of carbonyl (C=O) groups is 1. The lowest BCUT2D eigenvalue weighted by molar-refractivity contribution is -0.131. The molecule has 0 bridgehead atoms. The molecule has 0 aliphatic rings. The number of ether oxygens (including phenoxy) is 2.